The van der Waals surface area contributed by atoms with Crippen molar-refractivity contribution in [1.29, 1.82) is 0 Å². The molecule has 6 nitrogen and oxygen atoms in total. The zero-order valence-electron chi connectivity index (χ0n) is 12.0. The minimum atomic E-state index is -4.53. The minimum Gasteiger partial charge on any atom is -0.355 e. The molecular formula is C12H19F3N6. The summed E-state index contributed by atoms with van der Waals surface area (Å²) in [5.41, 5.74) is 1.10. The average Bonchev–Trinajstić information content (AvgIpc) is 2.46. The van der Waals surface area contributed by atoms with E-state index < -0.39 is 11.9 Å². The Labute approximate surface area is 121 Å². The first-order valence-electron chi connectivity index (χ1n) is 6.65. The third kappa shape index (κ3) is 3.73. The first-order chi connectivity index (χ1) is 9.81. The van der Waals surface area contributed by atoms with Crippen molar-refractivity contribution < 1.29 is 13.2 Å². The van der Waals surface area contributed by atoms with Gasteiger partial charge in [-0.15, -0.1) is 0 Å². The van der Waals surface area contributed by atoms with Gasteiger partial charge in [0.25, 0.3) is 0 Å². The monoisotopic (exact) mass is 304 g/mol. The molecule has 0 aromatic carbocycles. The van der Waals surface area contributed by atoms with Gasteiger partial charge < -0.3 is 9.80 Å². The lowest BCUT2D eigenvalue weighted by Gasteiger charge is -2.37. The molecule has 1 aliphatic rings. The zero-order valence-corrected chi connectivity index (χ0v) is 12.0. The van der Waals surface area contributed by atoms with Crippen LogP contribution in [-0.2, 0) is 6.18 Å². The fourth-order valence-corrected chi connectivity index (χ4v) is 2.39. The van der Waals surface area contributed by atoms with Crippen LogP contribution in [0.4, 0.5) is 24.9 Å². The molecule has 2 heterocycles. The molecule has 21 heavy (non-hydrogen) atoms. The summed E-state index contributed by atoms with van der Waals surface area (Å²) < 4.78 is 38.6. The third-order valence-corrected chi connectivity index (χ3v) is 3.58. The van der Waals surface area contributed by atoms with E-state index in [-0.39, 0.29) is 17.8 Å². The van der Waals surface area contributed by atoms with Crippen LogP contribution >= 0.6 is 0 Å². The highest BCUT2D eigenvalue weighted by Gasteiger charge is 2.34. The molecule has 1 aromatic heterocycles. The van der Waals surface area contributed by atoms with E-state index in [1.807, 2.05) is 19.0 Å². The highest BCUT2D eigenvalue weighted by atomic mass is 19.4. The molecule has 0 saturated carbocycles. The Kier molecular flexibility index (Phi) is 4.52. The van der Waals surface area contributed by atoms with Crippen LogP contribution in [0.25, 0.3) is 0 Å². The number of hydrogen-bond acceptors (Lipinski definition) is 6. The Morgan fingerprint density at radius 3 is 2.67 bits per heavy atom. The summed E-state index contributed by atoms with van der Waals surface area (Å²) in [7, 11) is 3.92. The number of nitrogens with two attached hydrogens (primary N) is 1. The highest BCUT2D eigenvalue weighted by Crippen LogP contribution is 2.31. The molecule has 0 bridgehead atoms. The van der Waals surface area contributed by atoms with Crippen molar-refractivity contribution >= 4 is 11.8 Å². The fraction of sp³-hybridized carbons (Fsp3) is 0.667. The average molecular weight is 304 g/mol. The van der Waals surface area contributed by atoms with Gasteiger partial charge in [-0.25, -0.2) is 10.8 Å². The van der Waals surface area contributed by atoms with Crippen LogP contribution in [-0.4, -0.2) is 48.1 Å². The molecule has 0 aliphatic carbocycles. The number of hydrazine groups is 1. The number of likely N-dealkylation sites (N-methyl/N-ethyl adjacent to an activating group) is 1. The van der Waals surface area contributed by atoms with Crippen LogP contribution in [0.5, 0.6) is 0 Å². The minimum absolute atomic E-state index is 0.230. The SMILES string of the molecule is CN(C)C1CCCN(c2cc(C(F)(F)F)nc(NN)n2)C1. The molecule has 1 aliphatic heterocycles. The Bertz CT molecular complexity index is 490. The number of anilines is 2. The Morgan fingerprint density at radius 2 is 2.10 bits per heavy atom. The lowest BCUT2D eigenvalue weighted by atomic mass is 10.0. The van der Waals surface area contributed by atoms with E-state index in [0.717, 1.165) is 18.9 Å². The molecule has 118 valence electrons. The van der Waals surface area contributed by atoms with Gasteiger partial charge >= 0.3 is 6.18 Å². The molecule has 2 rings (SSSR count). The van der Waals surface area contributed by atoms with E-state index in [9.17, 15) is 13.2 Å². The predicted octanol–water partition coefficient (Wildman–Crippen LogP) is 1.31. The molecule has 1 fully saturated rings. The number of nitrogen functional groups attached to an aromatic ring is 1. The van der Waals surface area contributed by atoms with Crippen molar-refractivity contribution in [2.45, 2.75) is 25.1 Å². The lowest BCUT2D eigenvalue weighted by Crippen LogP contribution is -2.45. The van der Waals surface area contributed by atoms with E-state index in [1.54, 1.807) is 0 Å². The standard InChI is InChI=1S/C12H19F3N6/c1-20(2)8-4-3-5-21(7-8)10-6-9(12(13,14)15)17-11(18-10)19-16/h6,8H,3-5,7,16H2,1-2H3,(H,17,18,19). The van der Waals surface area contributed by atoms with Crippen molar-refractivity contribution in [3.8, 4) is 0 Å². The molecule has 1 aromatic rings. The number of halogens is 3. The molecule has 1 saturated heterocycles. The Morgan fingerprint density at radius 1 is 1.38 bits per heavy atom. The maximum atomic E-state index is 12.9. The quantitative estimate of drug-likeness (QED) is 0.648. The normalized spacial score (nSPS) is 20.0. The van der Waals surface area contributed by atoms with Crippen LogP contribution in [0.2, 0.25) is 0 Å². The summed E-state index contributed by atoms with van der Waals surface area (Å²) in [5.74, 6) is 5.18. The van der Waals surface area contributed by atoms with E-state index in [2.05, 4.69) is 20.3 Å². The van der Waals surface area contributed by atoms with Crippen LogP contribution in [0, 0.1) is 0 Å². The number of piperidine rings is 1. The van der Waals surface area contributed by atoms with Gasteiger partial charge in [0.05, 0.1) is 0 Å². The zero-order chi connectivity index (χ0) is 15.6. The maximum Gasteiger partial charge on any atom is 0.433 e. The molecule has 3 N–H and O–H groups in total. The van der Waals surface area contributed by atoms with Gasteiger partial charge in [-0.05, 0) is 26.9 Å². The van der Waals surface area contributed by atoms with Gasteiger partial charge in [0.2, 0.25) is 5.95 Å². The number of nitrogens with zero attached hydrogens (tertiary/aromatic N) is 4. The van der Waals surface area contributed by atoms with E-state index >= 15 is 0 Å². The fourth-order valence-electron chi connectivity index (χ4n) is 2.39. The van der Waals surface area contributed by atoms with Gasteiger partial charge in [0.1, 0.15) is 5.82 Å². The van der Waals surface area contributed by atoms with Crippen molar-refractivity contribution in [3.63, 3.8) is 0 Å². The molecular weight excluding hydrogens is 285 g/mol. The Hall–Kier alpha value is -1.61. The summed E-state index contributed by atoms with van der Waals surface area (Å²) in [6.45, 7) is 1.30. The summed E-state index contributed by atoms with van der Waals surface area (Å²) in [4.78, 5) is 11.3. The third-order valence-electron chi connectivity index (χ3n) is 3.58. The number of alkyl halides is 3. The smallest absolute Gasteiger partial charge is 0.355 e. The van der Waals surface area contributed by atoms with Crippen molar-refractivity contribution in [1.82, 2.24) is 14.9 Å². The van der Waals surface area contributed by atoms with Gasteiger partial charge in [-0.3, -0.25) is 5.43 Å². The molecule has 0 radical (unpaired) electrons. The van der Waals surface area contributed by atoms with E-state index in [0.29, 0.717) is 13.1 Å². The molecule has 9 heteroatoms. The number of nitrogens with one attached hydrogen (secondary N) is 1. The van der Waals surface area contributed by atoms with Crippen LogP contribution in [0.15, 0.2) is 6.07 Å². The summed E-state index contributed by atoms with van der Waals surface area (Å²) in [6, 6.07) is 1.26. The summed E-state index contributed by atoms with van der Waals surface area (Å²) in [5, 5.41) is 0. The lowest BCUT2D eigenvalue weighted by molar-refractivity contribution is -0.141. The van der Waals surface area contributed by atoms with Crippen LogP contribution in [0.1, 0.15) is 18.5 Å². The van der Waals surface area contributed by atoms with Gasteiger partial charge in [0.15, 0.2) is 5.69 Å². The Balaban J connectivity index is 2.30. The maximum absolute atomic E-state index is 12.9. The first-order valence-corrected chi connectivity index (χ1v) is 6.65. The van der Waals surface area contributed by atoms with Crippen molar-refractivity contribution in [3.05, 3.63) is 11.8 Å². The second kappa shape index (κ2) is 6.02. The molecule has 1 unspecified atom stereocenters. The van der Waals surface area contributed by atoms with Crippen molar-refractivity contribution in [2.75, 3.05) is 37.5 Å². The second-order valence-corrected chi connectivity index (χ2v) is 5.28. The van der Waals surface area contributed by atoms with E-state index in [4.69, 9.17) is 5.84 Å². The second-order valence-electron chi connectivity index (χ2n) is 5.28. The van der Waals surface area contributed by atoms with Crippen LogP contribution < -0.4 is 16.2 Å². The molecule has 0 spiro atoms. The molecule has 1 atom stereocenters. The number of hydrogen-bond donors (Lipinski definition) is 2. The van der Waals surface area contributed by atoms with Gasteiger partial charge in [-0.2, -0.15) is 18.2 Å². The number of rotatable bonds is 3. The topological polar surface area (TPSA) is 70.3 Å². The van der Waals surface area contributed by atoms with Gasteiger partial charge in [-0.1, -0.05) is 0 Å². The first kappa shape index (κ1) is 15.8. The largest absolute Gasteiger partial charge is 0.433 e. The number of aromatic nitrogens is 2. The summed E-state index contributed by atoms with van der Waals surface area (Å²) in [6.07, 6.45) is -2.61. The highest BCUT2D eigenvalue weighted by molar-refractivity contribution is 5.45. The predicted molar refractivity (Wildman–Crippen MR) is 73.8 cm³/mol. The van der Waals surface area contributed by atoms with Crippen molar-refractivity contribution in [2.24, 2.45) is 5.84 Å². The molecule has 0 amide bonds. The van der Waals surface area contributed by atoms with Crippen LogP contribution in [0.3, 0.4) is 0 Å². The van der Waals surface area contributed by atoms with E-state index in [1.165, 1.54) is 0 Å². The van der Waals surface area contributed by atoms with Gasteiger partial charge in [0, 0.05) is 25.2 Å². The summed E-state index contributed by atoms with van der Waals surface area (Å²) >= 11 is 0.